The van der Waals surface area contributed by atoms with E-state index in [4.69, 9.17) is 4.74 Å². The third-order valence-electron chi connectivity index (χ3n) is 2.91. The van der Waals surface area contributed by atoms with Crippen molar-refractivity contribution in [3.63, 3.8) is 0 Å². The Kier molecular flexibility index (Phi) is 6.23. The van der Waals surface area contributed by atoms with E-state index in [0.717, 1.165) is 25.0 Å². The number of unbranched alkanes of at least 4 members (excludes halogenated alkanes) is 1. The van der Waals surface area contributed by atoms with Gasteiger partial charge in [-0.3, -0.25) is 0 Å². The maximum atomic E-state index is 9.92. The summed E-state index contributed by atoms with van der Waals surface area (Å²) in [6.45, 7) is 7.58. The van der Waals surface area contributed by atoms with Gasteiger partial charge in [-0.25, -0.2) is 0 Å². The number of rotatable bonds is 7. The van der Waals surface area contributed by atoms with Crippen molar-refractivity contribution in [1.29, 1.82) is 0 Å². The molecule has 0 saturated carbocycles. The molecular formula is C15H24O2. The fourth-order valence-electron chi connectivity index (χ4n) is 1.64. The van der Waals surface area contributed by atoms with Crippen molar-refractivity contribution < 1.29 is 9.84 Å². The number of hydrogen-bond acceptors (Lipinski definition) is 2. The Balaban J connectivity index is 2.43. The molecule has 1 N–H and O–H groups in total. The maximum Gasteiger partial charge on any atom is 0.102 e. The van der Waals surface area contributed by atoms with Crippen LogP contribution in [0.1, 0.15) is 56.8 Å². The van der Waals surface area contributed by atoms with Gasteiger partial charge in [0.15, 0.2) is 0 Å². The van der Waals surface area contributed by atoms with Crippen LogP contribution in [0.4, 0.5) is 0 Å². The van der Waals surface area contributed by atoms with Gasteiger partial charge in [0.1, 0.15) is 6.10 Å². The first kappa shape index (κ1) is 14.2. The maximum absolute atomic E-state index is 9.92. The van der Waals surface area contributed by atoms with Crippen molar-refractivity contribution in [1.82, 2.24) is 0 Å². The molecule has 0 aromatic heterocycles. The predicted molar refractivity (Wildman–Crippen MR) is 71.2 cm³/mol. The van der Waals surface area contributed by atoms with E-state index in [-0.39, 0.29) is 0 Å². The molecule has 0 aliphatic carbocycles. The minimum atomic E-state index is -0.506. The molecule has 0 radical (unpaired) electrons. The summed E-state index contributed by atoms with van der Waals surface area (Å²) < 4.78 is 5.42. The fraction of sp³-hybridized carbons (Fsp3) is 0.600. The van der Waals surface area contributed by atoms with Crippen LogP contribution < -0.4 is 0 Å². The molecule has 1 atom stereocenters. The van der Waals surface area contributed by atoms with Gasteiger partial charge in [0.25, 0.3) is 0 Å². The van der Waals surface area contributed by atoms with Crippen LogP contribution in [0.3, 0.4) is 0 Å². The molecule has 0 aliphatic rings. The fourth-order valence-corrected chi connectivity index (χ4v) is 1.64. The molecule has 0 amide bonds. The van der Waals surface area contributed by atoms with Crippen molar-refractivity contribution in [2.75, 3.05) is 13.2 Å². The molecule has 0 bridgehead atoms. The van der Waals surface area contributed by atoms with E-state index >= 15 is 0 Å². The molecule has 1 aromatic rings. The summed E-state index contributed by atoms with van der Waals surface area (Å²) in [5.41, 5.74) is 2.23. The summed E-state index contributed by atoms with van der Waals surface area (Å²) in [7, 11) is 0. The smallest absolute Gasteiger partial charge is 0.102 e. The van der Waals surface area contributed by atoms with Crippen LogP contribution in [0, 0.1) is 0 Å². The van der Waals surface area contributed by atoms with Crippen LogP contribution in [-0.4, -0.2) is 18.3 Å². The number of aliphatic hydroxyl groups is 1. The summed E-state index contributed by atoms with van der Waals surface area (Å²) in [5.74, 6) is 0.530. The average Bonchev–Trinajstić information content (AvgIpc) is 2.34. The molecule has 2 heteroatoms. The lowest BCUT2D eigenvalue weighted by atomic mass is 10.0. The zero-order chi connectivity index (χ0) is 12.7. The number of hydrogen-bond donors (Lipinski definition) is 1. The zero-order valence-electron chi connectivity index (χ0n) is 11.1. The molecule has 17 heavy (non-hydrogen) atoms. The normalized spacial score (nSPS) is 13.0. The van der Waals surface area contributed by atoms with E-state index in [2.05, 4.69) is 32.9 Å². The third kappa shape index (κ3) is 4.88. The SMILES string of the molecule is CCCCOCC(O)c1ccc(C(C)C)cc1. The Morgan fingerprint density at radius 1 is 1.12 bits per heavy atom. The first-order valence-electron chi connectivity index (χ1n) is 6.50. The van der Waals surface area contributed by atoms with E-state index < -0.39 is 6.10 Å². The largest absolute Gasteiger partial charge is 0.386 e. The summed E-state index contributed by atoms with van der Waals surface area (Å²) in [6, 6.07) is 8.14. The quantitative estimate of drug-likeness (QED) is 0.732. The molecule has 96 valence electrons. The van der Waals surface area contributed by atoms with E-state index in [0.29, 0.717) is 12.5 Å². The van der Waals surface area contributed by atoms with Gasteiger partial charge in [-0.05, 0) is 23.5 Å². The van der Waals surface area contributed by atoms with Crippen molar-refractivity contribution in [3.05, 3.63) is 35.4 Å². The molecule has 2 nitrogen and oxygen atoms in total. The first-order chi connectivity index (χ1) is 8.15. The molecule has 0 heterocycles. The van der Waals surface area contributed by atoms with Crippen LogP contribution in [0.25, 0.3) is 0 Å². The van der Waals surface area contributed by atoms with E-state index in [1.165, 1.54) is 5.56 Å². The third-order valence-corrected chi connectivity index (χ3v) is 2.91. The Bertz CT molecular complexity index is 303. The van der Waals surface area contributed by atoms with E-state index in [1.807, 2.05) is 12.1 Å². The monoisotopic (exact) mass is 236 g/mol. The summed E-state index contributed by atoms with van der Waals surface area (Å²) >= 11 is 0. The topological polar surface area (TPSA) is 29.5 Å². The highest BCUT2D eigenvalue weighted by atomic mass is 16.5. The molecule has 1 aromatic carbocycles. The second-order valence-electron chi connectivity index (χ2n) is 4.77. The zero-order valence-corrected chi connectivity index (χ0v) is 11.1. The minimum Gasteiger partial charge on any atom is -0.386 e. The minimum absolute atomic E-state index is 0.390. The van der Waals surface area contributed by atoms with Crippen LogP contribution in [0.5, 0.6) is 0 Å². The van der Waals surface area contributed by atoms with Crippen LogP contribution in [0.15, 0.2) is 24.3 Å². The second-order valence-corrected chi connectivity index (χ2v) is 4.77. The lowest BCUT2D eigenvalue weighted by Crippen LogP contribution is -2.08. The van der Waals surface area contributed by atoms with Gasteiger partial charge in [0.05, 0.1) is 6.61 Å². The standard InChI is InChI=1S/C15H24O2/c1-4-5-10-17-11-15(16)14-8-6-13(7-9-14)12(2)3/h6-9,12,15-16H,4-5,10-11H2,1-3H3. The van der Waals surface area contributed by atoms with E-state index in [1.54, 1.807) is 0 Å². The molecule has 0 fully saturated rings. The van der Waals surface area contributed by atoms with Crippen molar-refractivity contribution >= 4 is 0 Å². The molecule has 1 unspecified atom stereocenters. The molecule has 0 spiro atoms. The van der Waals surface area contributed by atoms with Gasteiger partial charge < -0.3 is 9.84 Å². The van der Waals surface area contributed by atoms with Crippen molar-refractivity contribution in [2.45, 2.75) is 45.6 Å². The molecule has 1 rings (SSSR count). The first-order valence-corrected chi connectivity index (χ1v) is 6.50. The van der Waals surface area contributed by atoms with Crippen LogP contribution >= 0.6 is 0 Å². The average molecular weight is 236 g/mol. The van der Waals surface area contributed by atoms with Crippen molar-refractivity contribution in [2.24, 2.45) is 0 Å². The molecular weight excluding hydrogens is 212 g/mol. The highest BCUT2D eigenvalue weighted by Gasteiger charge is 2.08. The summed E-state index contributed by atoms with van der Waals surface area (Å²) in [4.78, 5) is 0. The van der Waals surface area contributed by atoms with Crippen LogP contribution in [0.2, 0.25) is 0 Å². The summed E-state index contributed by atoms with van der Waals surface area (Å²) in [6.07, 6.45) is 1.67. The Labute approximate surface area is 105 Å². The van der Waals surface area contributed by atoms with Crippen LogP contribution in [-0.2, 0) is 4.74 Å². The van der Waals surface area contributed by atoms with Gasteiger partial charge in [-0.15, -0.1) is 0 Å². The Morgan fingerprint density at radius 2 is 1.71 bits per heavy atom. The van der Waals surface area contributed by atoms with Gasteiger partial charge in [0, 0.05) is 6.61 Å². The Hall–Kier alpha value is -0.860. The lowest BCUT2D eigenvalue weighted by Gasteiger charge is -2.13. The van der Waals surface area contributed by atoms with Gasteiger partial charge in [0.2, 0.25) is 0 Å². The Morgan fingerprint density at radius 3 is 2.24 bits per heavy atom. The lowest BCUT2D eigenvalue weighted by molar-refractivity contribution is 0.0349. The van der Waals surface area contributed by atoms with Gasteiger partial charge in [-0.2, -0.15) is 0 Å². The number of ether oxygens (including phenoxy) is 1. The van der Waals surface area contributed by atoms with Gasteiger partial charge in [-0.1, -0.05) is 51.5 Å². The highest BCUT2D eigenvalue weighted by Crippen LogP contribution is 2.18. The number of benzene rings is 1. The predicted octanol–water partition coefficient (Wildman–Crippen LogP) is 3.66. The molecule has 0 aliphatic heterocycles. The number of aliphatic hydroxyl groups excluding tert-OH is 1. The van der Waals surface area contributed by atoms with E-state index in [9.17, 15) is 5.11 Å². The molecule has 0 saturated heterocycles. The van der Waals surface area contributed by atoms with Gasteiger partial charge >= 0.3 is 0 Å². The second kappa shape index (κ2) is 7.46. The highest BCUT2D eigenvalue weighted by molar-refractivity contribution is 5.26. The van der Waals surface area contributed by atoms with Crippen molar-refractivity contribution in [3.8, 4) is 0 Å². The summed E-state index contributed by atoms with van der Waals surface area (Å²) in [5, 5.41) is 9.92.